The Labute approximate surface area is 510 Å². The third kappa shape index (κ3) is 13.1. The number of carbonyl (C=O) groups excluding carboxylic acids is 2. The number of ether oxygens (including phenoxy) is 4. The molecule has 14 rings (SSSR count). The van der Waals surface area contributed by atoms with E-state index in [9.17, 15) is 14.7 Å². The number of amides is 2. The highest BCUT2D eigenvalue weighted by Gasteiger charge is 2.45. The van der Waals surface area contributed by atoms with E-state index >= 15 is 0 Å². The van der Waals surface area contributed by atoms with Gasteiger partial charge in [-0.15, -0.1) is 12.4 Å². The fourth-order valence-electron chi connectivity index (χ4n) is 13.9. The standard InChI is InChI=1S/C34H42N6O4.C32H38N6O3.ClH/c1-3-32(41)38-12-14-39(15-13-38)33-29-9-11-40(31-19-27(44-23-42-2)18-24-7-4-5-8-28(24)31)22-30(29)35-34(36-33)43-16-6-10-37-20-25-17-26(25)21-37;1-2-30(40)36-11-13-37(14-12-36)31-27-8-10-38(29-18-25(39)17-22-6-3-4-7-26(22)29)21-28(27)33-32(34-31)41-15-5-9-35-19-23-16-24(23)20-35;/h3-5,7-8,18-19,25-26H,1,6,9-17,20-23H2,2H3;2-4,6-7,17-18,23-24,39H,1,5,8-16,19-21H2;1H. The molecule has 0 radical (unpaired) electrons. The molecule has 4 unspecified atom stereocenters. The van der Waals surface area contributed by atoms with Crippen LogP contribution >= 0.6 is 12.4 Å². The Morgan fingerprint density at radius 1 is 0.570 bits per heavy atom. The number of likely N-dealkylation sites (tertiary alicyclic amines) is 2. The first-order chi connectivity index (χ1) is 41.6. The van der Waals surface area contributed by atoms with E-state index in [1.165, 1.54) is 62.1 Å². The summed E-state index contributed by atoms with van der Waals surface area (Å²) in [5.74, 6) is 6.63. The van der Waals surface area contributed by atoms with Gasteiger partial charge in [-0.2, -0.15) is 19.9 Å². The molecule has 2 saturated carbocycles. The molecule has 4 aromatic carbocycles. The molecule has 4 saturated heterocycles. The molecule has 4 atom stereocenters. The van der Waals surface area contributed by atoms with Crippen molar-refractivity contribution in [2.75, 3.05) is 151 Å². The van der Waals surface area contributed by atoms with Gasteiger partial charge in [-0.3, -0.25) is 9.59 Å². The van der Waals surface area contributed by atoms with Crippen LogP contribution < -0.4 is 33.8 Å². The molecule has 6 aliphatic heterocycles. The largest absolute Gasteiger partial charge is 0.508 e. The van der Waals surface area contributed by atoms with Gasteiger partial charge in [-0.1, -0.05) is 61.7 Å². The summed E-state index contributed by atoms with van der Waals surface area (Å²) in [6, 6.07) is 25.3. The van der Waals surface area contributed by atoms with Gasteiger partial charge in [0, 0.05) is 157 Å². The quantitative estimate of drug-likeness (QED) is 0.0478. The van der Waals surface area contributed by atoms with Crippen LogP contribution in [0, 0.1) is 23.7 Å². The lowest BCUT2D eigenvalue weighted by Crippen LogP contribution is -2.49. The summed E-state index contributed by atoms with van der Waals surface area (Å²) in [6.07, 6.45) is 9.15. The van der Waals surface area contributed by atoms with Crippen molar-refractivity contribution in [2.45, 2.75) is 51.6 Å². The van der Waals surface area contributed by atoms with Crippen LogP contribution in [0.3, 0.4) is 0 Å². The lowest BCUT2D eigenvalue weighted by atomic mass is 10.0. The van der Waals surface area contributed by atoms with E-state index in [4.69, 9.17) is 38.9 Å². The lowest BCUT2D eigenvalue weighted by Gasteiger charge is -2.38. The van der Waals surface area contributed by atoms with Crippen LogP contribution in [0.2, 0.25) is 0 Å². The topological polar surface area (TPSA) is 169 Å². The number of fused-ring (bicyclic) bond motifs is 6. The number of anilines is 4. The van der Waals surface area contributed by atoms with Crippen molar-refractivity contribution in [3.05, 3.63) is 121 Å². The van der Waals surface area contributed by atoms with E-state index in [2.05, 4.69) is 85.0 Å². The molecule has 8 heterocycles. The van der Waals surface area contributed by atoms with Crippen molar-refractivity contribution in [3.63, 3.8) is 0 Å². The number of halogens is 1. The van der Waals surface area contributed by atoms with Crippen molar-refractivity contribution >= 4 is 68.8 Å². The molecular weight excluding hydrogens is 1110 g/mol. The highest BCUT2D eigenvalue weighted by atomic mass is 35.5. The zero-order chi connectivity index (χ0) is 58.0. The van der Waals surface area contributed by atoms with Gasteiger partial charge in [0.05, 0.1) is 37.7 Å². The van der Waals surface area contributed by atoms with Crippen molar-refractivity contribution in [2.24, 2.45) is 23.7 Å². The summed E-state index contributed by atoms with van der Waals surface area (Å²) >= 11 is 0. The van der Waals surface area contributed by atoms with E-state index in [0.29, 0.717) is 90.7 Å². The molecule has 8 aliphatic rings. The summed E-state index contributed by atoms with van der Waals surface area (Å²) in [4.78, 5) is 62.3. The number of carbonyl (C=O) groups is 2. The molecule has 0 spiro atoms. The summed E-state index contributed by atoms with van der Waals surface area (Å²) < 4.78 is 23.5. The van der Waals surface area contributed by atoms with Crippen LogP contribution in [0.1, 0.15) is 48.2 Å². The lowest BCUT2D eigenvalue weighted by molar-refractivity contribution is -0.127. The van der Waals surface area contributed by atoms with Crippen molar-refractivity contribution in [1.29, 1.82) is 0 Å². The number of hydrogen-bond donors (Lipinski definition) is 1. The zero-order valence-corrected chi connectivity index (χ0v) is 50.4. The van der Waals surface area contributed by atoms with Gasteiger partial charge in [0.15, 0.2) is 6.79 Å². The van der Waals surface area contributed by atoms with Gasteiger partial charge in [0.1, 0.15) is 23.1 Å². The molecule has 1 N–H and O–H groups in total. The molecule has 2 aliphatic carbocycles. The van der Waals surface area contributed by atoms with E-state index in [-0.39, 0.29) is 36.8 Å². The Morgan fingerprint density at radius 2 is 1.02 bits per heavy atom. The number of methoxy groups -OCH3 is 1. The number of phenolic OH excluding ortho intramolecular Hbond substituents is 1. The Bertz CT molecular complexity index is 3430. The van der Waals surface area contributed by atoms with Crippen molar-refractivity contribution in [1.82, 2.24) is 39.5 Å². The molecule has 0 bridgehead atoms. The number of benzene rings is 4. The number of aromatic nitrogens is 4. The average Bonchev–Trinajstić information content (AvgIpc) is 2.97. The van der Waals surface area contributed by atoms with Crippen LogP contribution in [0.5, 0.6) is 23.5 Å². The Kier molecular flexibility index (Phi) is 18.0. The van der Waals surface area contributed by atoms with Gasteiger partial charge in [-0.25, -0.2) is 0 Å². The molecule has 6 fully saturated rings. The maximum Gasteiger partial charge on any atom is 0.318 e. The molecule has 6 aromatic rings. The maximum absolute atomic E-state index is 12.2. The first-order valence-corrected chi connectivity index (χ1v) is 30.8. The zero-order valence-electron chi connectivity index (χ0n) is 49.6. The van der Waals surface area contributed by atoms with Gasteiger partial charge < -0.3 is 63.3 Å². The molecule has 19 nitrogen and oxygen atoms in total. The SMILES string of the molecule is C=CC(=O)N1CCN(c2nc(OCCCN3CC4CC4C3)nc3c2CCN(c2cc(O)cc4ccccc24)C3)CC1.C=CC(=O)N1CCN(c2nc(OCCCN3CC4CC4C3)nc3c2CCN(c2cc(OCOC)cc4ccccc24)C3)CC1.Cl. The van der Waals surface area contributed by atoms with Gasteiger partial charge in [0.25, 0.3) is 0 Å². The van der Waals surface area contributed by atoms with E-state index in [0.717, 1.165) is 137 Å². The fraction of sp³-hybridized carbons (Fsp3) is 0.485. The highest BCUT2D eigenvalue weighted by molar-refractivity contribution is 5.97. The minimum absolute atomic E-state index is 0. The molecule has 86 heavy (non-hydrogen) atoms. The van der Waals surface area contributed by atoms with Crippen LogP contribution in [0.15, 0.2) is 98.1 Å². The average molecular weight is 1190 g/mol. The number of piperidine rings is 2. The van der Waals surface area contributed by atoms with Crippen molar-refractivity contribution < 1.29 is 33.6 Å². The summed E-state index contributed by atoms with van der Waals surface area (Å²) in [5.41, 5.74) is 6.40. The van der Waals surface area contributed by atoms with Crippen LogP contribution in [0.25, 0.3) is 21.5 Å². The second-order valence-corrected chi connectivity index (χ2v) is 24.2. The second-order valence-electron chi connectivity index (χ2n) is 24.2. The Balaban J connectivity index is 0.000000167. The Morgan fingerprint density at radius 3 is 1.49 bits per heavy atom. The van der Waals surface area contributed by atoms with Gasteiger partial charge >= 0.3 is 12.0 Å². The van der Waals surface area contributed by atoms with Gasteiger partial charge in [-0.05, 0) is 97.3 Å². The first-order valence-electron chi connectivity index (χ1n) is 30.8. The number of rotatable bonds is 19. The normalized spacial score (nSPS) is 21.4. The van der Waals surface area contributed by atoms with Crippen molar-refractivity contribution in [3.8, 4) is 23.5 Å². The summed E-state index contributed by atoms with van der Waals surface area (Å²) in [6.45, 7) is 24.1. The summed E-state index contributed by atoms with van der Waals surface area (Å²) in [5, 5.41) is 14.9. The molecule has 454 valence electrons. The van der Waals surface area contributed by atoms with Crippen LogP contribution in [-0.4, -0.2) is 188 Å². The minimum atomic E-state index is -0.0253. The number of aromatic hydroxyl groups is 1. The number of nitrogens with zero attached hydrogens (tertiary/aromatic N) is 12. The van der Waals surface area contributed by atoms with Crippen LogP contribution in [0.4, 0.5) is 23.0 Å². The molecule has 2 aromatic heterocycles. The predicted octanol–water partition coefficient (Wildman–Crippen LogP) is 7.61. The molecule has 20 heteroatoms. The van der Waals surface area contributed by atoms with Crippen LogP contribution in [-0.2, 0) is 40.3 Å². The van der Waals surface area contributed by atoms with E-state index in [1.54, 1.807) is 7.11 Å². The molecule has 2 amide bonds. The van der Waals surface area contributed by atoms with E-state index in [1.807, 2.05) is 40.1 Å². The second kappa shape index (κ2) is 26.3. The van der Waals surface area contributed by atoms with E-state index < -0.39 is 0 Å². The maximum atomic E-state index is 12.2. The monoisotopic (exact) mass is 1190 g/mol. The first kappa shape index (κ1) is 58.9. The third-order valence-electron chi connectivity index (χ3n) is 18.6. The smallest absolute Gasteiger partial charge is 0.318 e. The fourth-order valence-corrected chi connectivity index (χ4v) is 13.9. The number of phenols is 1. The summed E-state index contributed by atoms with van der Waals surface area (Å²) in [7, 11) is 1.63. The number of hydrogen-bond acceptors (Lipinski definition) is 17. The van der Waals surface area contributed by atoms with Gasteiger partial charge in [0.2, 0.25) is 11.8 Å². The highest BCUT2D eigenvalue weighted by Crippen LogP contribution is 2.46. The molecular formula is C66H81ClN12O7. The number of piperazine rings is 2. The third-order valence-corrected chi connectivity index (χ3v) is 18.6. The predicted molar refractivity (Wildman–Crippen MR) is 337 cm³/mol. The minimum Gasteiger partial charge on any atom is -0.508 e. The Hall–Kier alpha value is -7.45.